The van der Waals surface area contributed by atoms with Crippen LogP contribution in [0, 0.1) is 5.92 Å². The summed E-state index contributed by atoms with van der Waals surface area (Å²) in [6, 6.07) is 6.86. The summed E-state index contributed by atoms with van der Waals surface area (Å²) in [7, 11) is 0. The fourth-order valence-electron chi connectivity index (χ4n) is 3.90. The maximum Gasteiger partial charge on any atom is 0.249 e. The Kier molecular flexibility index (Phi) is 4.95. The molecule has 1 saturated heterocycles. The molecule has 2 heterocycles. The molecule has 1 saturated carbocycles. The number of ether oxygens (including phenoxy) is 1. The van der Waals surface area contributed by atoms with Gasteiger partial charge in [-0.15, -0.1) is 0 Å². The van der Waals surface area contributed by atoms with Crippen molar-refractivity contribution < 1.29 is 14.6 Å². The first-order chi connectivity index (χ1) is 12.2. The van der Waals surface area contributed by atoms with Gasteiger partial charge < -0.3 is 20.1 Å². The third kappa shape index (κ3) is 4.15. The summed E-state index contributed by atoms with van der Waals surface area (Å²) in [5, 5.41) is 13.2. The van der Waals surface area contributed by atoms with Crippen molar-refractivity contribution in [3.8, 4) is 5.75 Å². The summed E-state index contributed by atoms with van der Waals surface area (Å²) < 4.78 is 5.56. The molecular formula is C20H28N2O3. The van der Waals surface area contributed by atoms with Crippen molar-refractivity contribution in [2.24, 2.45) is 5.92 Å². The van der Waals surface area contributed by atoms with Crippen LogP contribution in [0.25, 0.3) is 0 Å². The number of hydrogen-bond donors (Lipinski definition) is 2. The molecule has 25 heavy (non-hydrogen) atoms. The molecule has 1 amide bonds. The fourth-order valence-corrected chi connectivity index (χ4v) is 3.90. The highest BCUT2D eigenvalue weighted by Crippen LogP contribution is 2.27. The predicted octanol–water partition coefficient (Wildman–Crippen LogP) is 1.52. The van der Waals surface area contributed by atoms with Gasteiger partial charge in [-0.25, -0.2) is 0 Å². The van der Waals surface area contributed by atoms with E-state index in [0.29, 0.717) is 6.04 Å². The minimum atomic E-state index is -0.834. The molecule has 5 heteroatoms. The molecule has 136 valence electrons. The Labute approximate surface area is 149 Å². The van der Waals surface area contributed by atoms with E-state index in [1.54, 1.807) is 0 Å². The predicted molar refractivity (Wildman–Crippen MR) is 95.7 cm³/mol. The van der Waals surface area contributed by atoms with Gasteiger partial charge in [0.2, 0.25) is 5.91 Å². The number of carbonyl (C=O) groups excluding carboxylic acids is 1. The van der Waals surface area contributed by atoms with E-state index in [1.165, 1.54) is 11.1 Å². The molecule has 0 bridgehead atoms. The highest BCUT2D eigenvalue weighted by molar-refractivity contribution is 5.81. The van der Waals surface area contributed by atoms with E-state index < -0.39 is 6.10 Å². The van der Waals surface area contributed by atoms with Crippen LogP contribution in [0.2, 0.25) is 0 Å². The average Bonchev–Trinajstić information content (AvgIpc) is 3.33. The lowest BCUT2D eigenvalue weighted by Gasteiger charge is -2.33. The zero-order chi connectivity index (χ0) is 17.2. The third-order valence-corrected chi connectivity index (χ3v) is 5.74. The summed E-state index contributed by atoms with van der Waals surface area (Å²) in [5.74, 6) is 0.983. The van der Waals surface area contributed by atoms with Gasteiger partial charge in [-0.1, -0.05) is 12.1 Å². The quantitative estimate of drug-likeness (QED) is 0.821. The number of amides is 1. The van der Waals surface area contributed by atoms with Crippen LogP contribution in [0.3, 0.4) is 0 Å². The molecule has 2 N–H and O–H groups in total. The standard InChI is InChI=1S/C20H28N2O3/c23-19(20(24)21-17-2-3-17)15-6-10-22(11-7-15)9-5-14-1-4-18-16(13-14)8-12-25-18/h1,4,13,15,17,19,23H,2-3,5-12H2,(H,21,24)/t19-/m0/s1. The van der Waals surface area contributed by atoms with Gasteiger partial charge in [-0.3, -0.25) is 4.79 Å². The number of nitrogens with zero attached hydrogens (tertiary/aromatic N) is 1. The maximum atomic E-state index is 12.0. The van der Waals surface area contributed by atoms with Crippen LogP contribution in [0.5, 0.6) is 5.75 Å². The number of carbonyl (C=O) groups is 1. The smallest absolute Gasteiger partial charge is 0.249 e. The van der Waals surface area contributed by atoms with Gasteiger partial charge in [0.25, 0.3) is 0 Å². The van der Waals surface area contributed by atoms with Crippen LogP contribution in [-0.2, 0) is 17.6 Å². The highest BCUT2D eigenvalue weighted by atomic mass is 16.5. The van der Waals surface area contributed by atoms with E-state index in [9.17, 15) is 9.90 Å². The van der Waals surface area contributed by atoms with Gasteiger partial charge in [0.05, 0.1) is 6.61 Å². The van der Waals surface area contributed by atoms with Gasteiger partial charge in [-0.2, -0.15) is 0 Å². The van der Waals surface area contributed by atoms with E-state index in [4.69, 9.17) is 4.74 Å². The van der Waals surface area contributed by atoms with Crippen molar-refractivity contribution >= 4 is 5.91 Å². The molecule has 0 unspecified atom stereocenters. The summed E-state index contributed by atoms with van der Waals surface area (Å²) in [6.45, 7) is 3.78. The first-order valence-corrected chi connectivity index (χ1v) is 9.64. The van der Waals surface area contributed by atoms with Crippen LogP contribution < -0.4 is 10.1 Å². The molecular weight excluding hydrogens is 316 g/mol. The van der Waals surface area contributed by atoms with Crippen LogP contribution in [0.15, 0.2) is 18.2 Å². The van der Waals surface area contributed by atoms with E-state index in [1.807, 2.05) is 0 Å². The number of aliphatic hydroxyl groups excluding tert-OH is 1. The lowest BCUT2D eigenvalue weighted by Crippen LogP contribution is -2.45. The molecule has 1 aromatic carbocycles. The van der Waals surface area contributed by atoms with Gasteiger partial charge in [0, 0.05) is 19.0 Å². The van der Waals surface area contributed by atoms with Gasteiger partial charge >= 0.3 is 0 Å². The molecule has 5 nitrogen and oxygen atoms in total. The average molecular weight is 344 g/mol. The molecule has 0 aromatic heterocycles. The largest absolute Gasteiger partial charge is 0.493 e. The van der Waals surface area contributed by atoms with Gasteiger partial charge in [0.1, 0.15) is 11.9 Å². The van der Waals surface area contributed by atoms with E-state index in [-0.39, 0.29) is 11.8 Å². The Hall–Kier alpha value is -1.59. The second kappa shape index (κ2) is 7.34. The summed E-state index contributed by atoms with van der Waals surface area (Å²) in [5.41, 5.74) is 2.70. The van der Waals surface area contributed by atoms with Crippen molar-refractivity contribution in [2.45, 2.75) is 50.7 Å². The molecule has 3 aliphatic rings. The topological polar surface area (TPSA) is 61.8 Å². The molecule has 1 atom stereocenters. The van der Waals surface area contributed by atoms with Crippen molar-refractivity contribution in [1.82, 2.24) is 10.2 Å². The minimum Gasteiger partial charge on any atom is -0.493 e. The molecule has 0 spiro atoms. The fraction of sp³-hybridized carbons (Fsp3) is 0.650. The summed E-state index contributed by atoms with van der Waals surface area (Å²) >= 11 is 0. The summed E-state index contributed by atoms with van der Waals surface area (Å²) in [6.07, 6.45) is 5.16. The Morgan fingerprint density at radius 2 is 2.08 bits per heavy atom. The molecule has 1 aromatic rings. The van der Waals surface area contributed by atoms with Crippen LogP contribution in [0.4, 0.5) is 0 Å². The first-order valence-electron chi connectivity index (χ1n) is 9.64. The number of nitrogens with one attached hydrogen (secondary N) is 1. The number of likely N-dealkylation sites (tertiary alicyclic amines) is 1. The third-order valence-electron chi connectivity index (χ3n) is 5.74. The Bertz CT molecular complexity index is 621. The number of hydrogen-bond acceptors (Lipinski definition) is 4. The molecule has 2 aliphatic heterocycles. The molecule has 0 radical (unpaired) electrons. The number of benzene rings is 1. The summed E-state index contributed by atoms with van der Waals surface area (Å²) in [4.78, 5) is 14.4. The number of aliphatic hydroxyl groups is 1. The number of fused-ring (bicyclic) bond motifs is 1. The number of rotatable bonds is 6. The zero-order valence-corrected chi connectivity index (χ0v) is 14.7. The van der Waals surface area contributed by atoms with E-state index >= 15 is 0 Å². The number of piperidine rings is 1. The molecule has 4 rings (SSSR count). The Morgan fingerprint density at radius 1 is 1.28 bits per heavy atom. The first kappa shape index (κ1) is 16.9. The normalized spacial score (nSPS) is 22.3. The van der Waals surface area contributed by atoms with E-state index in [2.05, 4.69) is 28.4 Å². The van der Waals surface area contributed by atoms with Crippen LogP contribution >= 0.6 is 0 Å². The van der Waals surface area contributed by atoms with Gasteiger partial charge in [-0.05, 0) is 68.3 Å². The second-order valence-corrected chi connectivity index (χ2v) is 7.70. The van der Waals surface area contributed by atoms with Gasteiger partial charge in [0.15, 0.2) is 0 Å². The second-order valence-electron chi connectivity index (χ2n) is 7.70. The Balaban J connectivity index is 1.21. The van der Waals surface area contributed by atoms with Crippen molar-refractivity contribution in [3.63, 3.8) is 0 Å². The molecule has 1 aliphatic carbocycles. The highest BCUT2D eigenvalue weighted by Gasteiger charge is 2.32. The SMILES string of the molecule is O=C(NC1CC1)[C@@H](O)C1CCN(CCc2ccc3c(c2)CCO3)CC1. The van der Waals surface area contributed by atoms with E-state index in [0.717, 1.165) is 70.5 Å². The van der Waals surface area contributed by atoms with Crippen LogP contribution in [-0.4, -0.2) is 54.3 Å². The lowest BCUT2D eigenvalue weighted by molar-refractivity contribution is -0.133. The van der Waals surface area contributed by atoms with Crippen molar-refractivity contribution in [1.29, 1.82) is 0 Å². The zero-order valence-electron chi connectivity index (χ0n) is 14.7. The van der Waals surface area contributed by atoms with Crippen LogP contribution in [0.1, 0.15) is 36.8 Å². The Morgan fingerprint density at radius 3 is 2.84 bits per heavy atom. The monoisotopic (exact) mass is 344 g/mol. The van der Waals surface area contributed by atoms with Crippen molar-refractivity contribution in [3.05, 3.63) is 29.3 Å². The van der Waals surface area contributed by atoms with Crippen molar-refractivity contribution in [2.75, 3.05) is 26.2 Å². The molecule has 2 fully saturated rings. The maximum absolute atomic E-state index is 12.0. The lowest BCUT2D eigenvalue weighted by atomic mass is 9.90. The minimum absolute atomic E-state index is 0.104.